The number of rotatable bonds is 5. The van der Waals surface area contributed by atoms with Gasteiger partial charge in [0.2, 0.25) is 0 Å². The van der Waals surface area contributed by atoms with Crippen molar-refractivity contribution in [1.82, 2.24) is 0 Å². The van der Waals surface area contributed by atoms with E-state index >= 15 is 0 Å². The molecule has 0 aliphatic heterocycles. The van der Waals surface area contributed by atoms with Gasteiger partial charge in [-0.2, -0.15) is 0 Å². The summed E-state index contributed by atoms with van der Waals surface area (Å²) in [7, 11) is 0. The lowest BCUT2D eigenvalue weighted by Crippen LogP contribution is -2.17. The Morgan fingerprint density at radius 1 is 0.382 bits per heavy atom. The fraction of sp³-hybridized carbons (Fsp3) is 0.0566. The van der Waals surface area contributed by atoms with Gasteiger partial charge in [0.1, 0.15) is 11.2 Å². The second-order valence-electron chi connectivity index (χ2n) is 15.3. The zero-order valence-corrected chi connectivity index (χ0v) is 30.8. The highest BCUT2D eigenvalue weighted by Crippen LogP contribution is 2.52. The van der Waals surface area contributed by atoms with Crippen LogP contribution in [0.1, 0.15) is 25.0 Å². The third-order valence-corrected chi connectivity index (χ3v) is 11.8. The summed E-state index contributed by atoms with van der Waals surface area (Å²) in [6, 6.07) is 68.7. The molecule has 0 radical (unpaired) electrons. The highest BCUT2D eigenvalue weighted by atomic mass is 16.3. The molecule has 11 rings (SSSR count). The third-order valence-electron chi connectivity index (χ3n) is 11.8. The molecule has 0 saturated carbocycles. The molecule has 1 aromatic heterocycles. The topological polar surface area (TPSA) is 16.4 Å². The SMILES string of the molecule is CC1(C)c2ccccc2-c2ccc(N(c3ccc4c(c3)oc3ccccc34)c3ccc(-c4ccc5ccccc5c4)cc3-c3cccc4ccccc34)cc21. The van der Waals surface area contributed by atoms with Gasteiger partial charge in [0.25, 0.3) is 0 Å². The summed E-state index contributed by atoms with van der Waals surface area (Å²) >= 11 is 0. The number of furan rings is 1. The molecule has 1 heterocycles. The molecule has 2 nitrogen and oxygen atoms in total. The largest absolute Gasteiger partial charge is 0.456 e. The molecule has 1 aliphatic carbocycles. The molecule has 0 fully saturated rings. The maximum Gasteiger partial charge on any atom is 0.137 e. The first-order valence-electron chi connectivity index (χ1n) is 19.1. The fourth-order valence-corrected chi connectivity index (χ4v) is 9.07. The van der Waals surface area contributed by atoms with Crippen LogP contribution in [-0.4, -0.2) is 0 Å². The van der Waals surface area contributed by atoms with E-state index < -0.39 is 0 Å². The molecule has 0 unspecified atom stereocenters. The summed E-state index contributed by atoms with van der Waals surface area (Å²) in [5.41, 5.74) is 14.9. The van der Waals surface area contributed by atoms with E-state index in [4.69, 9.17) is 4.42 Å². The third kappa shape index (κ3) is 4.95. The minimum atomic E-state index is -0.144. The lowest BCUT2D eigenvalue weighted by molar-refractivity contribution is 0.660. The molecule has 1 aliphatic rings. The summed E-state index contributed by atoms with van der Waals surface area (Å²) in [6.07, 6.45) is 0. The van der Waals surface area contributed by atoms with Crippen LogP contribution in [0.5, 0.6) is 0 Å². The van der Waals surface area contributed by atoms with E-state index in [1.54, 1.807) is 0 Å². The molecule has 2 heteroatoms. The van der Waals surface area contributed by atoms with Gasteiger partial charge in [0, 0.05) is 39.2 Å². The van der Waals surface area contributed by atoms with Crippen molar-refractivity contribution in [1.29, 1.82) is 0 Å². The van der Waals surface area contributed by atoms with Gasteiger partial charge in [0.15, 0.2) is 0 Å². The van der Waals surface area contributed by atoms with Crippen molar-refractivity contribution in [3.05, 3.63) is 199 Å². The summed E-state index contributed by atoms with van der Waals surface area (Å²) < 4.78 is 6.52. The van der Waals surface area contributed by atoms with Crippen LogP contribution in [0.2, 0.25) is 0 Å². The van der Waals surface area contributed by atoms with Gasteiger partial charge >= 0.3 is 0 Å². The molecular formula is C53H37NO. The Bertz CT molecular complexity index is 3140. The van der Waals surface area contributed by atoms with Gasteiger partial charge in [-0.25, -0.2) is 0 Å². The van der Waals surface area contributed by atoms with Crippen molar-refractivity contribution in [2.45, 2.75) is 19.3 Å². The summed E-state index contributed by atoms with van der Waals surface area (Å²) in [4.78, 5) is 2.44. The predicted octanol–water partition coefficient (Wildman–Crippen LogP) is 15.0. The van der Waals surface area contributed by atoms with Crippen LogP contribution in [0.4, 0.5) is 17.1 Å². The van der Waals surface area contributed by atoms with E-state index in [0.717, 1.165) is 44.6 Å². The summed E-state index contributed by atoms with van der Waals surface area (Å²) in [6.45, 7) is 4.71. The lowest BCUT2D eigenvalue weighted by Gasteiger charge is -2.30. The minimum Gasteiger partial charge on any atom is -0.456 e. The second-order valence-corrected chi connectivity index (χ2v) is 15.3. The zero-order chi connectivity index (χ0) is 36.7. The van der Waals surface area contributed by atoms with Gasteiger partial charge in [-0.05, 0) is 109 Å². The smallest absolute Gasteiger partial charge is 0.137 e. The first kappa shape index (κ1) is 31.6. The van der Waals surface area contributed by atoms with E-state index in [9.17, 15) is 0 Å². The molecule has 0 N–H and O–H groups in total. The number of hydrogen-bond acceptors (Lipinski definition) is 2. The second kappa shape index (κ2) is 12.1. The molecule has 0 spiro atoms. The summed E-state index contributed by atoms with van der Waals surface area (Å²) in [5.74, 6) is 0. The van der Waals surface area contributed by atoms with Gasteiger partial charge in [-0.15, -0.1) is 0 Å². The Kier molecular flexibility index (Phi) is 6.93. The number of para-hydroxylation sites is 1. The van der Waals surface area contributed by atoms with Crippen molar-refractivity contribution in [3.63, 3.8) is 0 Å². The minimum absolute atomic E-state index is 0.144. The van der Waals surface area contributed by atoms with Crippen LogP contribution in [0.15, 0.2) is 192 Å². The zero-order valence-electron chi connectivity index (χ0n) is 30.8. The van der Waals surface area contributed by atoms with Crippen molar-refractivity contribution in [2.24, 2.45) is 0 Å². The van der Waals surface area contributed by atoms with Gasteiger partial charge < -0.3 is 9.32 Å². The molecule has 10 aromatic rings. The van der Waals surface area contributed by atoms with Crippen LogP contribution in [-0.2, 0) is 5.41 Å². The van der Waals surface area contributed by atoms with Crippen molar-refractivity contribution in [3.8, 4) is 33.4 Å². The Labute approximate surface area is 320 Å². The average Bonchev–Trinajstić information content (AvgIpc) is 3.72. The number of anilines is 3. The molecule has 55 heavy (non-hydrogen) atoms. The van der Waals surface area contributed by atoms with Crippen molar-refractivity contribution >= 4 is 60.5 Å². The molecule has 0 bridgehead atoms. The van der Waals surface area contributed by atoms with E-state index in [1.807, 2.05) is 6.07 Å². The standard InChI is InChI=1S/C53H37NO/c1-53(2)48-20-9-7-17-43(48)44-27-25-39(32-49(44)53)54(40-26-28-46-45-18-8-10-21-51(45)55-52(46)33-40)50-29-24-38(37-23-22-34-12-3-4-14-36(34)30-37)31-47(50)42-19-11-15-35-13-5-6-16-41(35)42/h3-33H,1-2H3. The highest BCUT2D eigenvalue weighted by Gasteiger charge is 2.36. The quantitative estimate of drug-likeness (QED) is 0.177. The average molecular weight is 704 g/mol. The first-order valence-corrected chi connectivity index (χ1v) is 19.1. The van der Waals surface area contributed by atoms with Crippen molar-refractivity contribution in [2.75, 3.05) is 4.90 Å². The monoisotopic (exact) mass is 703 g/mol. The first-order chi connectivity index (χ1) is 27.0. The Hall–Kier alpha value is -6.90. The number of fused-ring (bicyclic) bond motifs is 8. The molecule has 260 valence electrons. The Morgan fingerprint density at radius 2 is 1.02 bits per heavy atom. The predicted molar refractivity (Wildman–Crippen MR) is 232 cm³/mol. The van der Waals surface area contributed by atoms with Crippen LogP contribution >= 0.6 is 0 Å². The molecule has 9 aromatic carbocycles. The summed E-state index contributed by atoms with van der Waals surface area (Å²) in [5, 5.41) is 7.16. The van der Waals surface area contributed by atoms with Crippen LogP contribution in [0.3, 0.4) is 0 Å². The van der Waals surface area contributed by atoms with Crippen LogP contribution in [0, 0.1) is 0 Å². The van der Waals surface area contributed by atoms with Crippen molar-refractivity contribution < 1.29 is 4.42 Å². The molecule has 0 atom stereocenters. The number of benzene rings is 9. The molecule has 0 saturated heterocycles. The van der Waals surface area contributed by atoms with Gasteiger partial charge in [-0.3, -0.25) is 0 Å². The van der Waals surface area contributed by atoms with E-state index in [-0.39, 0.29) is 5.41 Å². The van der Waals surface area contributed by atoms with E-state index in [0.29, 0.717) is 0 Å². The number of hydrogen-bond donors (Lipinski definition) is 0. The molecular weight excluding hydrogens is 667 g/mol. The number of nitrogens with zero attached hydrogens (tertiary/aromatic N) is 1. The highest BCUT2D eigenvalue weighted by molar-refractivity contribution is 6.07. The van der Waals surface area contributed by atoms with E-state index in [2.05, 4.69) is 201 Å². The van der Waals surface area contributed by atoms with Crippen LogP contribution < -0.4 is 4.90 Å². The lowest BCUT2D eigenvalue weighted by atomic mass is 9.82. The normalized spacial score (nSPS) is 13.1. The maximum absolute atomic E-state index is 6.52. The molecule has 0 amide bonds. The van der Waals surface area contributed by atoms with Gasteiger partial charge in [0.05, 0.1) is 5.69 Å². The van der Waals surface area contributed by atoms with Gasteiger partial charge in [-0.1, -0.05) is 147 Å². The Balaban J connectivity index is 1.19. The fourth-order valence-electron chi connectivity index (χ4n) is 9.07. The van der Waals surface area contributed by atoms with Crippen LogP contribution in [0.25, 0.3) is 76.9 Å². The Morgan fingerprint density at radius 3 is 1.93 bits per heavy atom. The van der Waals surface area contributed by atoms with E-state index in [1.165, 1.54) is 60.5 Å². The maximum atomic E-state index is 6.52.